The number of rotatable bonds is 6. The number of hydrogen-bond donors (Lipinski definition) is 2. The first-order valence-corrected chi connectivity index (χ1v) is 12.0. The molecule has 0 saturated carbocycles. The summed E-state index contributed by atoms with van der Waals surface area (Å²) >= 11 is 0. The number of amides is 2. The lowest BCUT2D eigenvalue weighted by Gasteiger charge is -2.23. The van der Waals surface area contributed by atoms with E-state index >= 15 is 0 Å². The van der Waals surface area contributed by atoms with Crippen LogP contribution in [0.3, 0.4) is 0 Å². The maximum absolute atomic E-state index is 13.5. The molecule has 0 aliphatic carbocycles. The van der Waals surface area contributed by atoms with E-state index in [1.807, 2.05) is 59.6 Å². The summed E-state index contributed by atoms with van der Waals surface area (Å²) in [6.07, 6.45) is 6.33. The number of benzene rings is 2. The molecule has 0 radical (unpaired) electrons. The minimum atomic E-state index is -0.706. The van der Waals surface area contributed by atoms with Crippen molar-refractivity contribution in [1.29, 1.82) is 0 Å². The summed E-state index contributed by atoms with van der Waals surface area (Å²) in [7, 11) is 0. The van der Waals surface area contributed by atoms with Crippen LogP contribution in [0.15, 0.2) is 60.8 Å². The number of nitrogens with one attached hydrogen (secondary N) is 2. The van der Waals surface area contributed by atoms with Crippen molar-refractivity contribution >= 4 is 22.7 Å². The molecule has 2 aromatic carbocycles. The van der Waals surface area contributed by atoms with Gasteiger partial charge < -0.3 is 29.4 Å². The highest BCUT2D eigenvalue weighted by Gasteiger charge is 2.66. The lowest BCUT2D eigenvalue weighted by Crippen LogP contribution is -2.44. The van der Waals surface area contributed by atoms with Crippen LogP contribution < -0.4 is 14.8 Å². The molecule has 1 aromatic heterocycles. The summed E-state index contributed by atoms with van der Waals surface area (Å²) in [6.45, 7) is 1.63. The molecule has 35 heavy (non-hydrogen) atoms. The largest absolute Gasteiger partial charge is 0.454 e. The molecule has 2 amide bonds. The molecule has 5 heterocycles. The normalized spacial score (nSPS) is 27.7. The van der Waals surface area contributed by atoms with Crippen LogP contribution in [-0.2, 0) is 27.3 Å². The van der Waals surface area contributed by atoms with Crippen LogP contribution in [0.25, 0.3) is 10.9 Å². The molecule has 3 aromatic rings. The number of fused-ring (bicyclic) bond motifs is 3. The van der Waals surface area contributed by atoms with E-state index in [2.05, 4.69) is 16.4 Å². The van der Waals surface area contributed by atoms with Crippen molar-refractivity contribution < 1.29 is 23.8 Å². The fourth-order valence-corrected chi connectivity index (χ4v) is 6.02. The Labute approximate surface area is 201 Å². The fourth-order valence-electron chi connectivity index (χ4n) is 6.02. The van der Waals surface area contributed by atoms with Gasteiger partial charge in [0.05, 0.1) is 24.5 Å². The molecular weight excluding hydrogens is 446 g/mol. The SMILES string of the molecule is O=C(NCc1ccc2c(c1)OCO2)[C@@H]1[C@H]2C=C[C@@]3(CN(CCc4c[nH]c5ccccc45)C(=O)[C@@H]13)O2. The van der Waals surface area contributed by atoms with Crippen LogP contribution in [-0.4, -0.2) is 53.3 Å². The molecule has 178 valence electrons. The van der Waals surface area contributed by atoms with Crippen molar-refractivity contribution in [2.75, 3.05) is 19.9 Å². The van der Waals surface area contributed by atoms with Gasteiger partial charge in [0.1, 0.15) is 5.60 Å². The number of carbonyl (C=O) groups is 2. The third kappa shape index (κ3) is 3.16. The molecule has 0 unspecified atom stereocenters. The highest BCUT2D eigenvalue weighted by atomic mass is 16.7. The van der Waals surface area contributed by atoms with Gasteiger partial charge in [-0.2, -0.15) is 0 Å². The molecule has 4 aliphatic heterocycles. The van der Waals surface area contributed by atoms with Crippen LogP contribution in [0.5, 0.6) is 11.5 Å². The summed E-state index contributed by atoms with van der Waals surface area (Å²) in [5, 5.41) is 4.19. The van der Waals surface area contributed by atoms with Crippen molar-refractivity contribution in [3.8, 4) is 11.5 Å². The first-order chi connectivity index (χ1) is 17.1. The summed E-state index contributed by atoms with van der Waals surface area (Å²) in [5.74, 6) is 0.212. The minimum absolute atomic E-state index is 0.0000733. The van der Waals surface area contributed by atoms with Gasteiger partial charge in [-0.15, -0.1) is 0 Å². The Morgan fingerprint density at radius 2 is 2.06 bits per heavy atom. The van der Waals surface area contributed by atoms with E-state index in [4.69, 9.17) is 14.2 Å². The first-order valence-electron chi connectivity index (χ1n) is 12.0. The van der Waals surface area contributed by atoms with Crippen molar-refractivity contribution in [2.45, 2.75) is 24.7 Å². The Kier molecular flexibility index (Phi) is 4.48. The molecule has 1 spiro atoms. The zero-order valence-corrected chi connectivity index (χ0v) is 19.0. The lowest BCUT2D eigenvalue weighted by atomic mass is 9.77. The van der Waals surface area contributed by atoms with Gasteiger partial charge >= 0.3 is 0 Å². The predicted octanol–water partition coefficient (Wildman–Crippen LogP) is 2.54. The third-order valence-corrected chi connectivity index (χ3v) is 7.71. The Morgan fingerprint density at radius 3 is 3.00 bits per heavy atom. The second-order valence-electron chi connectivity index (χ2n) is 9.67. The third-order valence-electron chi connectivity index (χ3n) is 7.71. The maximum Gasteiger partial charge on any atom is 0.231 e. The Morgan fingerprint density at radius 1 is 1.17 bits per heavy atom. The van der Waals surface area contributed by atoms with Crippen LogP contribution in [0.2, 0.25) is 0 Å². The predicted molar refractivity (Wildman–Crippen MR) is 127 cm³/mol. The number of H-pyrrole nitrogens is 1. The zero-order chi connectivity index (χ0) is 23.6. The van der Waals surface area contributed by atoms with Crippen LogP contribution in [0.1, 0.15) is 11.1 Å². The molecule has 8 heteroatoms. The van der Waals surface area contributed by atoms with E-state index in [0.29, 0.717) is 31.1 Å². The highest BCUT2D eigenvalue weighted by molar-refractivity contribution is 5.93. The number of ether oxygens (including phenoxy) is 3. The van der Waals surface area contributed by atoms with E-state index in [1.54, 1.807) is 0 Å². The Hall–Kier alpha value is -3.78. The van der Waals surface area contributed by atoms with Gasteiger partial charge in [0.25, 0.3) is 0 Å². The molecule has 2 saturated heterocycles. The van der Waals surface area contributed by atoms with Crippen molar-refractivity contribution in [1.82, 2.24) is 15.2 Å². The van der Waals surface area contributed by atoms with Gasteiger partial charge in [-0.25, -0.2) is 0 Å². The van der Waals surface area contributed by atoms with Crippen LogP contribution in [0, 0.1) is 11.8 Å². The second kappa shape index (κ2) is 7.61. The molecule has 7 rings (SSSR count). The molecule has 4 aliphatic rings. The Bertz CT molecular complexity index is 1380. The molecule has 8 nitrogen and oxygen atoms in total. The number of nitrogens with zero attached hydrogens (tertiary/aromatic N) is 1. The first kappa shape index (κ1) is 20.6. The molecule has 4 atom stereocenters. The monoisotopic (exact) mass is 471 g/mol. The topological polar surface area (TPSA) is 92.9 Å². The van der Waals surface area contributed by atoms with Crippen LogP contribution in [0.4, 0.5) is 0 Å². The van der Waals surface area contributed by atoms with E-state index in [9.17, 15) is 9.59 Å². The number of aromatic nitrogens is 1. The average Bonchev–Trinajstić information content (AvgIpc) is 3.68. The fraction of sp³-hybridized carbons (Fsp3) is 0.333. The minimum Gasteiger partial charge on any atom is -0.454 e. The molecule has 2 N–H and O–H groups in total. The van der Waals surface area contributed by atoms with Crippen molar-refractivity contribution in [2.24, 2.45) is 11.8 Å². The van der Waals surface area contributed by atoms with Gasteiger partial charge in [0.2, 0.25) is 18.6 Å². The van der Waals surface area contributed by atoms with E-state index in [-0.39, 0.29) is 24.7 Å². The molecular formula is C27H25N3O5. The summed E-state index contributed by atoms with van der Waals surface area (Å²) in [4.78, 5) is 31.9. The molecule has 2 bridgehead atoms. The van der Waals surface area contributed by atoms with Gasteiger partial charge in [-0.1, -0.05) is 36.4 Å². The number of likely N-dealkylation sites (tertiary alicyclic amines) is 1. The van der Waals surface area contributed by atoms with Crippen molar-refractivity contribution in [3.05, 3.63) is 71.9 Å². The standard InChI is InChI=1S/C27H25N3O5/c31-25(29-12-16-5-6-20-22(11-16)34-15-33-20)23-21-7-9-27(35-21)14-30(26(32)24(23)27)10-8-17-13-28-19-4-2-1-3-18(17)19/h1-7,9,11,13,21,23-24,28H,8,10,12,14-15H2,(H,29,31)/t21-,23-,24-,27+/m1/s1. The summed E-state index contributed by atoms with van der Waals surface area (Å²) in [6, 6.07) is 13.8. The Balaban J connectivity index is 1.05. The number of aromatic amines is 1. The highest BCUT2D eigenvalue weighted by Crippen LogP contribution is 2.52. The average molecular weight is 472 g/mol. The van der Waals surface area contributed by atoms with Gasteiger partial charge in [-0.05, 0) is 35.7 Å². The molecule has 2 fully saturated rings. The van der Waals surface area contributed by atoms with E-state index < -0.39 is 17.4 Å². The van der Waals surface area contributed by atoms with Crippen molar-refractivity contribution in [3.63, 3.8) is 0 Å². The van der Waals surface area contributed by atoms with E-state index in [1.165, 1.54) is 10.9 Å². The quantitative estimate of drug-likeness (QED) is 0.539. The second-order valence-corrected chi connectivity index (χ2v) is 9.67. The summed E-state index contributed by atoms with van der Waals surface area (Å²) in [5.41, 5.74) is 2.48. The lowest BCUT2D eigenvalue weighted by molar-refractivity contribution is -0.137. The summed E-state index contributed by atoms with van der Waals surface area (Å²) < 4.78 is 17.0. The van der Waals surface area contributed by atoms with Crippen LogP contribution >= 0.6 is 0 Å². The number of hydrogen-bond acceptors (Lipinski definition) is 5. The van der Waals surface area contributed by atoms with E-state index in [0.717, 1.165) is 17.5 Å². The van der Waals surface area contributed by atoms with Gasteiger partial charge in [0.15, 0.2) is 11.5 Å². The maximum atomic E-state index is 13.5. The number of para-hydroxylation sites is 1. The number of carbonyl (C=O) groups excluding carboxylic acids is 2. The smallest absolute Gasteiger partial charge is 0.231 e. The van der Waals surface area contributed by atoms with Gasteiger partial charge in [-0.3, -0.25) is 9.59 Å². The zero-order valence-electron chi connectivity index (χ0n) is 19.0. The van der Waals surface area contributed by atoms with Gasteiger partial charge in [0, 0.05) is 30.2 Å².